The van der Waals surface area contributed by atoms with Gasteiger partial charge in [-0.1, -0.05) is 35.3 Å². The van der Waals surface area contributed by atoms with Crippen LogP contribution in [0.5, 0.6) is 0 Å². The van der Waals surface area contributed by atoms with Crippen LogP contribution in [0, 0.1) is 0 Å². The standard InChI is InChI=1S/C16H12Cl2N2O2S/c17-10-5-6-11(18)14(7-10)23-9-16(22)20-8-15(21)19-12-3-1-2-4-13(12)20/h1-7H,8-9H2,(H,19,21). The molecule has 1 aliphatic heterocycles. The van der Waals surface area contributed by atoms with Gasteiger partial charge < -0.3 is 10.2 Å². The van der Waals surface area contributed by atoms with Crippen molar-refractivity contribution < 1.29 is 9.59 Å². The molecule has 2 aromatic carbocycles. The molecule has 0 aliphatic carbocycles. The van der Waals surface area contributed by atoms with Crippen LogP contribution in [0.15, 0.2) is 47.4 Å². The Morgan fingerprint density at radius 3 is 2.83 bits per heavy atom. The molecule has 2 amide bonds. The van der Waals surface area contributed by atoms with Gasteiger partial charge in [0.05, 0.1) is 22.2 Å². The lowest BCUT2D eigenvalue weighted by molar-refractivity contribution is -0.120. The lowest BCUT2D eigenvalue weighted by atomic mass is 10.2. The van der Waals surface area contributed by atoms with E-state index in [1.807, 2.05) is 18.2 Å². The van der Waals surface area contributed by atoms with Crippen LogP contribution in [0.4, 0.5) is 11.4 Å². The summed E-state index contributed by atoms with van der Waals surface area (Å²) in [7, 11) is 0. The molecule has 0 spiro atoms. The Morgan fingerprint density at radius 1 is 1.22 bits per heavy atom. The molecule has 1 heterocycles. The van der Waals surface area contributed by atoms with E-state index in [1.54, 1.807) is 24.3 Å². The number of rotatable bonds is 3. The summed E-state index contributed by atoms with van der Waals surface area (Å²) in [6.45, 7) is 0.0136. The van der Waals surface area contributed by atoms with Crippen molar-refractivity contribution in [1.29, 1.82) is 0 Å². The number of benzene rings is 2. The molecule has 0 bridgehead atoms. The largest absolute Gasteiger partial charge is 0.323 e. The smallest absolute Gasteiger partial charge is 0.244 e. The number of carbonyl (C=O) groups is 2. The second-order valence-electron chi connectivity index (χ2n) is 4.91. The Morgan fingerprint density at radius 2 is 2.00 bits per heavy atom. The van der Waals surface area contributed by atoms with E-state index in [9.17, 15) is 9.59 Å². The SMILES string of the molecule is O=C1CN(C(=O)CSc2cc(Cl)ccc2Cl)c2ccccc2N1. The van der Waals surface area contributed by atoms with Gasteiger partial charge in [0.25, 0.3) is 0 Å². The van der Waals surface area contributed by atoms with Gasteiger partial charge in [-0.15, -0.1) is 11.8 Å². The van der Waals surface area contributed by atoms with Crippen molar-refractivity contribution >= 4 is 58.2 Å². The summed E-state index contributed by atoms with van der Waals surface area (Å²) in [6, 6.07) is 12.3. The van der Waals surface area contributed by atoms with E-state index >= 15 is 0 Å². The van der Waals surface area contributed by atoms with Gasteiger partial charge in [0, 0.05) is 9.92 Å². The molecular weight excluding hydrogens is 355 g/mol. The zero-order chi connectivity index (χ0) is 16.4. The number of hydrogen-bond acceptors (Lipinski definition) is 3. The fourth-order valence-corrected chi connectivity index (χ4v) is 3.63. The van der Waals surface area contributed by atoms with Crippen molar-refractivity contribution in [3.63, 3.8) is 0 Å². The van der Waals surface area contributed by atoms with Crippen molar-refractivity contribution in [3.8, 4) is 0 Å². The summed E-state index contributed by atoms with van der Waals surface area (Å²) in [5, 5.41) is 3.86. The van der Waals surface area contributed by atoms with Crippen LogP contribution in [-0.2, 0) is 9.59 Å². The van der Waals surface area contributed by atoms with Crippen molar-refractivity contribution in [1.82, 2.24) is 0 Å². The summed E-state index contributed by atoms with van der Waals surface area (Å²) in [5.74, 6) is -0.196. The van der Waals surface area contributed by atoms with Crippen LogP contribution in [0.25, 0.3) is 0 Å². The van der Waals surface area contributed by atoms with E-state index in [1.165, 1.54) is 16.7 Å². The number of amides is 2. The minimum Gasteiger partial charge on any atom is -0.323 e. The molecule has 0 fully saturated rings. The molecule has 0 saturated heterocycles. The number of anilines is 2. The number of carbonyl (C=O) groups excluding carboxylic acids is 2. The van der Waals surface area contributed by atoms with E-state index < -0.39 is 0 Å². The van der Waals surface area contributed by atoms with E-state index in [0.717, 1.165) is 4.90 Å². The van der Waals surface area contributed by atoms with Crippen molar-refractivity contribution in [2.45, 2.75) is 4.90 Å². The average Bonchev–Trinajstić information content (AvgIpc) is 2.54. The highest BCUT2D eigenvalue weighted by molar-refractivity contribution is 8.00. The molecule has 1 aliphatic rings. The first-order valence-corrected chi connectivity index (χ1v) is 8.56. The van der Waals surface area contributed by atoms with Crippen LogP contribution in [-0.4, -0.2) is 24.1 Å². The summed E-state index contributed by atoms with van der Waals surface area (Å²) in [4.78, 5) is 26.5. The molecule has 0 radical (unpaired) electrons. The van der Waals surface area contributed by atoms with Crippen LogP contribution in [0.3, 0.4) is 0 Å². The zero-order valence-electron chi connectivity index (χ0n) is 11.9. The molecule has 0 saturated carbocycles. The third-order valence-electron chi connectivity index (χ3n) is 3.32. The molecule has 3 rings (SSSR count). The maximum Gasteiger partial charge on any atom is 0.244 e. The molecule has 4 nitrogen and oxygen atoms in total. The van der Waals surface area contributed by atoms with Crippen LogP contribution in [0.1, 0.15) is 0 Å². The Hall–Kier alpha value is -1.69. The first kappa shape index (κ1) is 16.2. The first-order chi connectivity index (χ1) is 11.0. The number of fused-ring (bicyclic) bond motifs is 1. The average molecular weight is 367 g/mol. The van der Waals surface area contributed by atoms with Crippen molar-refractivity contribution in [3.05, 3.63) is 52.5 Å². The summed E-state index contributed by atoms with van der Waals surface area (Å²) in [5.41, 5.74) is 1.35. The fraction of sp³-hybridized carbons (Fsp3) is 0.125. The molecular formula is C16H12Cl2N2O2S. The Bertz CT molecular complexity index is 782. The summed E-state index contributed by atoms with van der Waals surface area (Å²) < 4.78 is 0. The number of para-hydroxylation sites is 2. The molecule has 1 N–H and O–H groups in total. The van der Waals surface area contributed by atoms with Gasteiger partial charge >= 0.3 is 0 Å². The zero-order valence-corrected chi connectivity index (χ0v) is 14.2. The number of hydrogen-bond donors (Lipinski definition) is 1. The predicted octanol–water partition coefficient (Wildman–Crippen LogP) is 4.07. The number of nitrogens with one attached hydrogen (secondary N) is 1. The minimum absolute atomic E-state index is 0.0136. The van der Waals surface area contributed by atoms with Gasteiger partial charge in [-0.2, -0.15) is 0 Å². The van der Waals surface area contributed by atoms with Crippen molar-refractivity contribution in [2.75, 3.05) is 22.5 Å². The summed E-state index contributed by atoms with van der Waals surface area (Å²) in [6.07, 6.45) is 0. The normalized spacial score (nSPS) is 13.5. The molecule has 0 atom stereocenters. The van der Waals surface area contributed by atoms with Crippen LogP contribution in [0.2, 0.25) is 10.0 Å². The molecule has 0 unspecified atom stereocenters. The first-order valence-electron chi connectivity index (χ1n) is 6.81. The maximum absolute atomic E-state index is 12.5. The number of thioether (sulfide) groups is 1. The monoisotopic (exact) mass is 366 g/mol. The van der Waals surface area contributed by atoms with Crippen molar-refractivity contribution in [2.24, 2.45) is 0 Å². The molecule has 7 heteroatoms. The molecule has 0 aromatic heterocycles. The lowest BCUT2D eigenvalue weighted by Crippen LogP contribution is -2.43. The third-order valence-corrected chi connectivity index (χ3v) is 5.03. The second kappa shape index (κ2) is 6.83. The Balaban J connectivity index is 1.76. The molecule has 2 aromatic rings. The fourth-order valence-electron chi connectivity index (χ4n) is 2.26. The molecule has 118 valence electrons. The predicted molar refractivity (Wildman–Crippen MR) is 94.6 cm³/mol. The van der Waals surface area contributed by atoms with Gasteiger partial charge in [-0.05, 0) is 30.3 Å². The third kappa shape index (κ3) is 3.63. The van der Waals surface area contributed by atoms with Gasteiger partial charge in [-0.3, -0.25) is 9.59 Å². The minimum atomic E-state index is -0.206. The topological polar surface area (TPSA) is 49.4 Å². The number of nitrogens with zero attached hydrogens (tertiary/aromatic N) is 1. The Kier molecular flexibility index (Phi) is 4.80. The second-order valence-corrected chi connectivity index (χ2v) is 6.77. The van der Waals surface area contributed by atoms with E-state index in [0.29, 0.717) is 21.4 Å². The molecule has 23 heavy (non-hydrogen) atoms. The van der Waals surface area contributed by atoms with Gasteiger partial charge in [0.15, 0.2) is 0 Å². The van der Waals surface area contributed by atoms with Gasteiger partial charge in [0.1, 0.15) is 6.54 Å². The highest BCUT2D eigenvalue weighted by Gasteiger charge is 2.26. The van der Waals surface area contributed by atoms with E-state index in [-0.39, 0.29) is 24.1 Å². The van der Waals surface area contributed by atoms with E-state index in [2.05, 4.69) is 5.32 Å². The lowest BCUT2D eigenvalue weighted by Gasteiger charge is -2.29. The van der Waals surface area contributed by atoms with Crippen LogP contribution >= 0.6 is 35.0 Å². The highest BCUT2D eigenvalue weighted by atomic mass is 35.5. The summed E-state index contributed by atoms with van der Waals surface area (Å²) >= 11 is 13.3. The van der Waals surface area contributed by atoms with E-state index in [4.69, 9.17) is 23.2 Å². The van der Waals surface area contributed by atoms with Gasteiger partial charge in [-0.25, -0.2) is 0 Å². The number of halogens is 2. The van der Waals surface area contributed by atoms with Gasteiger partial charge in [0.2, 0.25) is 11.8 Å². The highest BCUT2D eigenvalue weighted by Crippen LogP contribution is 2.32. The maximum atomic E-state index is 12.5. The quantitative estimate of drug-likeness (QED) is 0.832. The van der Waals surface area contributed by atoms with Crippen LogP contribution < -0.4 is 10.2 Å². The Labute approximate surface area is 147 Å².